The molecule has 0 radical (unpaired) electrons. The van der Waals surface area contributed by atoms with E-state index in [1.807, 2.05) is 19.9 Å². The zero-order chi connectivity index (χ0) is 15.6. The molecule has 0 fully saturated rings. The molecule has 1 N–H and O–H groups in total. The van der Waals surface area contributed by atoms with Gasteiger partial charge in [-0.25, -0.2) is 9.07 Å². The van der Waals surface area contributed by atoms with Gasteiger partial charge in [0.25, 0.3) is 5.56 Å². The molecular formula is C15H17ClFN3O. The standard InChI is InChI=1S/C15H17ClFN3O/c1-15(2,10-5-4-6-11(17)7-10)9-18-12-8-19-20(3)14(21)13(12)16/h4-8,18H,9H2,1-3H3. The van der Waals surface area contributed by atoms with Crippen LogP contribution >= 0.6 is 11.6 Å². The van der Waals surface area contributed by atoms with Crippen LogP contribution in [0.2, 0.25) is 5.02 Å². The van der Waals surface area contributed by atoms with Crippen LogP contribution in [0.3, 0.4) is 0 Å². The SMILES string of the molecule is Cn1ncc(NCC(C)(C)c2cccc(F)c2)c(Cl)c1=O. The van der Waals surface area contributed by atoms with Crippen LogP contribution in [-0.2, 0) is 12.5 Å². The van der Waals surface area contributed by atoms with Gasteiger partial charge in [0.1, 0.15) is 10.8 Å². The van der Waals surface area contributed by atoms with Gasteiger partial charge >= 0.3 is 0 Å². The first kappa shape index (κ1) is 15.5. The minimum absolute atomic E-state index is 0.0996. The van der Waals surface area contributed by atoms with E-state index in [0.29, 0.717) is 12.2 Å². The Balaban J connectivity index is 2.19. The summed E-state index contributed by atoms with van der Waals surface area (Å²) < 4.78 is 14.5. The third kappa shape index (κ3) is 3.42. The summed E-state index contributed by atoms with van der Waals surface area (Å²) in [6.07, 6.45) is 1.51. The van der Waals surface area contributed by atoms with Gasteiger partial charge < -0.3 is 5.32 Å². The van der Waals surface area contributed by atoms with Crippen molar-refractivity contribution in [1.29, 1.82) is 0 Å². The van der Waals surface area contributed by atoms with Crippen LogP contribution < -0.4 is 10.9 Å². The largest absolute Gasteiger partial charge is 0.381 e. The fourth-order valence-corrected chi connectivity index (χ4v) is 2.20. The Morgan fingerprint density at radius 1 is 1.43 bits per heavy atom. The fourth-order valence-electron chi connectivity index (χ4n) is 1.96. The minimum atomic E-state index is -0.356. The quantitative estimate of drug-likeness (QED) is 0.944. The van der Waals surface area contributed by atoms with Crippen molar-refractivity contribution in [3.8, 4) is 0 Å². The highest BCUT2D eigenvalue weighted by atomic mass is 35.5. The Morgan fingerprint density at radius 2 is 2.14 bits per heavy atom. The number of nitrogens with zero attached hydrogens (tertiary/aromatic N) is 2. The average molecular weight is 310 g/mol. The smallest absolute Gasteiger partial charge is 0.287 e. The molecule has 2 aromatic rings. The van der Waals surface area contributed by atoms with Crippen LogP contribution in [0.4, 0.5) is 10.1 Å². The maximum Gasteiger partial charge on any atom is 0.287 e. The number of anilines is 1. The maximum atomic E-state index is 13.3. The number of benzene rings is 1. The van der Waals surface area contributed by atoms with E-state index in [9.17, 15) is 9.18 Å². The Morgan fingerprint density at radius 3 is 2.81 bits per heavy atom. The van der Waals surface area contributed by atoms with Crippen molar-refractivity contribution in [1.82, 2.24) is 9.78 Å². The zero-order valence-electron chi connectivity index (χ0n) is 12.2. The summed E-state index contributed by atoms with van der Waals surface area (Å²) in [7, 11) is 1.54. The number of aryl methyl sites for hydroxylation is 1. The number of hydrogen-bond acceptors (Lipinski definition) is 3. The summed E-state index contributed by atoms with van der Waals surface area (Å²) in [6, 6.07) is 6.47. The molecule has 0 saturated heterocycles. The first-order valence-electron chi connectivity index (χ1n) is 6.53. The van der Waals surface area contributed by atoms with Crippen LogP contribution in [0.1, 0.15) is 19.4 Å². The van der Waals surface area contributed by atoms with Crippen molar-refractivity contribution < 1.29 is 4.39 Å². The molecular weight excluding hydrogens is 293 g/mol. The van der Waals surface area contributed by atoms with Gasteiger partial charge in [-0.05, 0) is 17.7 Å². The van der Waals surface area contributed by atoms with E-state index in [1.165, 1.54) is 30.1 Å². The van der Waals surface area contributed by atoms with E-state index >= 15 is 0 Å². The molecule has 6 heteroatoms. The lowest BCUT2D eigenvalue weighted by Crippen LogP contribution is -2.29. The Kier molecular flexibility index (Phi) is 4.32. The van der Waals surface area contributed by atoms with E-state index in [1.54, 1.807) is 6.07 Å². The fraction of sp³-hybridized carbons (Fsp3) is 0.333. The van der Waals surface area contributed by atoms with E-state index in [0.717, 1.165) is 5.56 Å². The molecule has 0 unspecified atom stereocenters. The normalized spacial score (nSPS) is 11.5. The van der Waals surface area contributed by atoms with Crippen molar-refractivity contribution in [2.24, 2.45) is 7.05 Å². The number of nitrogens with one attached hydrogen (secondary N) is 1. The summed E-state index contributed by atoms with van der Waals surface area (Å²) in [5, 5.41) is 7.13. The van der Waals surface area contributed by atoms with Gasteiger partial charge in [-0.2, -0.15) is 5.10 Å². The zero-order valence-corrected chi connectivity index (χ0v) is 12.9. The molecule has 0 amide bonds. The van der Waals surface area contributed by atoms with Gasteiger partial charge in [0.05, 0.1) is 11.9 Å². The molecule has 112 valence electrons. The van der Waals surface area contributed by atoms with Gasteiger partial charge in [0.2, 0.25) is 0 Å². The van der Waals surface area contributed by atoms with Gasteiger partial charge in [-0.1, -0.05) is 37.6 Å². The van der Waals surface area contributed by atoms with Crippen molar-refractivity contribution >= 4 is 17.3 Å². The van der Waals surface area contributed by atoms with Crippen molar-refractivity contribution in [2.75, 3.05) is 11.9 Å². The summed E-state index contributed by atoms with van der Waals surface area (Å²) in [5.41, 5.74) is 0.657. The summed E-state index contributed by atoms with van der Waals surface area (Å²) in [6.45, 7) is 4.46. The second-order valence-electron chi connectivity index (χ2n) is 5.55. The topological polar surface area (TPSA) is 46.9 Å². The summed E-state index contributed by atoms with van der Waals surface area (Å²) >= 11 is 6.00. The highest BCUT2D eigenvalue weighted by Gasteiger charge is 2.21. The third-order valence-electron chi connectivity index (χ3n) is 3.41. The van der Waals surface area contributed by atoms with Gasteiger partial charge in [0.15, 0.2) is 0 Å². The Bertz CT molecular complexity index is 712. The lowest BCUT2D eigenvalue weighted by atomic mass is 9.84. The van der Waals surface area contributed by atoms with Gasteiger partial charge in [-0.3, -0.25) is 4.79 Å². The lowest BCUT2D eigenvalue weighted by Gasteiger charge is -2.26. The molecule has 2 rings (SSSR count). The van der Waals surface area contributed by atoms with E-state index in [2.05, 4.69) is 10.4 Å². The highest BCUT2D eigenvalue weighted by Crippen LogP contribution is 2.25. The molecule has 0 aliphatic carbocycles. The molecule has 0 aliphatic rings. The van der Waals surface area contributed by atoms with Crippen molar-refractivity contribution in [3.05, 3.63) is 57.2 Å². The van der Waals surface area contributed by atoms with Crippen LogP contribution in [-0.4, -0.2) is 16.3 Å². The molecule has 0 saturated carbocycles. The molecule has 0 atom stereocenters. The van der Waals surface area contributed by atoms with Crippen LogP contribution in [0.15, 0.2) is 35.3 Å². The number of rotatable bonds is 4. The lowest BCUT2D eigenvalue weighted by molar-refractivity contribution is 0.546. The Hall–Kier alpha value is -1.88. The highest BCUT2D eigenvalue weighted by molar-refractivity contribution is 6.32. The second-order valence-corrected chi connectivity index (χ2v) is 5.93. The Labute approximate surface area is 127 Å². The van der Waals surface area contributed by atoms with Gasteiger partial charge in [0, 0.05) is 19.0 Å². The first-order chi connectivity index (χ1) is 9.81. The van der Waals surface area contributed by atoms with Gasteiger partial charge in [-0.15, -0.1) is 0 Å². The minimum Gasteiger partial charge on any atom is -0.381 e. The maximum absolute atomic E-state index is 13.3. The van der Waals surface area contributed by atoms with Crippen LogP contribution in [0.5, 0.6) is 0 Å². The molecule has 1 heterocycles. The number of halogens is 2. The molecule has 1 aromatic carbocycles. The van der Waals surface area contributed by atoms with Crippen LogP contribution in [0.25, 0.3) is 0 Å². The predicted octanol–water partition coefficient (Wildman–Crippen LogP) is 2.96. The molecule has 1 aromatic heterocycles. The number of hydrogen-bond donors (Lipinski definition) is 1. The molecule has 0 spiro atoms. The molecule has 21 heavy (non-hydrogen) atoms. The van der Waals surface area contributed by atoms with Crippen molar-refractivity contribution in [2.45, 2.75) is 19.3 Å². The first-order valence-corrected chi connectivity index (χ1v) is 6.91. The predicted molar refractivity (Wildman–Crippen MR) is 82.4 cm³/mol. The summed E-state index contributed by atoms with van der Waals surface area (Å²) in [5.74, 6) is -0.270. The third-order valence-corrected chi connectivity index (χ3v) is 3.77. The number of aromatic nitrogens is 2. The van der Waals surface area contributed by atoms with Crippen molar-refractivity contribution in [3.63, 3.8) is 0 Å². The molecule has 4 nitrogen and oxygen atoms in total. The van der Waals surface area contributed by atoms with E-state index in [-0.39, 0.29) is 21.8 Å². The van der Waals surface area contributed by atoms with Crippen LogP contribution in [0, 0.1) is 5.82 Å². The molecule has 0 aliphatic heterocycles. The molecule has 0 bridgehead atoms. The van der Waals surface area contributed by atoms with E-state index in [4.69, 9.17) is 11.6 Å². The summed E-state index contributed by atoms with van der Waals surface area (Å²) in [4.78, 5) is 11.7. The van der Waals surface area contributed by atoms with E-state index < -0.39 is 0 Å². The average Bonchev–Trinajstić information content (AvgIpc) is 2.44. The second kappa shape index (κ2) is 5.85. The monoisotopic (exact) mass is 309 g/mol.